The minimum Gasteiger partial charge on any atom is -0.380 e. The SMILES string of the molecule is Fc1ccc(NCc2ccc(Cl)cc2F)cn1. The number of hydrogen-bond acceptors (Lipinski definition) is 2. The molecule has 0 aliphatic rings. The van der Waals surface area contributed by atoms with Gasteiger partial charge in [-0.25, -0.2) is 9.37 Å². The van der Waals surface area contributed by atoms with Crippen molar-refractivity contribution in [2.75, 3.05) is 5.32 Å². The molecule has 0 saturated heterocycles. The number of benzene rings is 1. The molecule has 0 amide bonds. The van der Waals surface area contributed by atoms with Crippen molar-refractivity contribution in [2.45, 2.75) is 6.54 Å². The van der Waals surface area contributed by atoms with E-state index in [1.54, 1.807) is 12.1 Å². The van der Waals surface area contributed by atoms with E-state index in [0.29, 0.717) is 16.3 Å². The Bertz CT molecular complexity index is 514. The van der Waals surface area contributed by atoms with E-state index in [1.807, 2.05) is 0 Å². The van der Waals surface area contributed by atoms with Crippen molar-refractivity contribution >= 4 is 17.3 Å². The molecule has 17 heavy (non-hydrogen) atoms. The number of nitrogens with zero attached hydrogens (tertiary/aromatic N) is 1. The standard InChI is InChI=1S/C12H9ClF2N2/c13-9-2-1-8(11(14)5-9)6-16-10-3-4-12(15)17-7-10/h1-5,7,16H,6H2. The molecule has 1 N–H and O–H groups in total. The van der Waals surface area contributed by atoms with Gasteiger partial charge in [0.2, 0.25) is 5.95 Å². The molecule has 1 heterocycles. The Balaban J connectivity index is 2.04. The van der Waals surface area contributed by atoms with Crippen LogP contribution in [-0.2, 0) is 6.54 Å². The number of rotatable bonds is 3. The predicted octanol–water partition coefficient (Wildman–Crippen LogP) is 3.63. The average Bonchev–Trinajstić information content (AvgIpc) is 2.30. The van der Waals surface area contributed by atoms with Gasteiger partial charge in [0, 0.05) is 17.1 Å². The Morgan fingerprint density at radius 3 is 2.65 bits per heavy atom. The topological polar surface area (TPSA) is 24.9 Å². The highest BCUT2D eigenvalue weighted by molar-refractivity contribution is 6.30. The molecule has 2 nitrogen and oxygen atoms in total. The van der Waals surface area contributed by atoms with Crippen LogP contribution < -0.4 is 5.32 Å². The van der Waals surface area contributed by atoms with Crippen molar-refractivity contribution in [3.63, 3.8) is 0 Å². The van der Waals surface area contributed by atoms with Gasteiger partial charge in [-0.05, 0) is 24.3 Å². The molecule has 2 rings (SSSR count). The summed E-state index contributed by atoms with van der Waals surface area (Å²) in [5.41, 5.74) is 1.11. The molecule has 1 aromatic carbocycles. The summed E-state index contributed by atoms with van der Waals surface area (Å²) in [5, 5.41) is 3.29. The Labute approximate surface area is 102 Å². The first-order valence-corrected chi connectivity index (χ1v) is 5.32. The van der Waals surface area contributed by atoms with E-state index in [4.69, 9.17) is 11.6 Å². The highest BCUT2D eigenvalue weighted by atomic mass is 35.5. The van der Waals surface area contributed by atoms with Gasteiger partial charge < -0.3 is 5.32 Å². The minimum absolute atomic E-state index is 0.288. The largest absolute Gasteiger partial charge is 0.380 e. The summed E-state index contributed by atoms with van der Waals surface area (Å²) in [7, 11) is 0. The molecule has 5 heteroatoms. The average molecular weight is 255 g/mol. The molecule has 1 aromatic heterocycles. The number of pyridine rings is 1. The van der Waals surface area contributed by atoms with Crippen molar-refractivity contribution in [3.8, 4) is 0 Å². The van der Waals surface area contributed by atoms with Crippen LogP contribution in [0.1, 0.15) is 5.56 Å². The fourth-order valence-corrected chi connectivity index (χ4v) is 1.50. The van der Waals surface area contributed by atoms with Crippen LogP contribution >= 0.6 is 11.6 Å². The van der Waals surface area contributed by atoms with Crippen LogP contribution in [0.4, 0.5) is 14.5 Å². The van der Waals surface area contributed by atoms with Gasteiger partial charge >= 0.3 is 0 Å². The van der Waals surface area contributed by atoms with Crippen molar-refractivity contribution in [3.05, 3.63) is 58.9 Å². The molecule has 0 aliphatic heterocycles. The number of halogens is 3. The van der Waals surface area contributed by atoms with E-state index < -0.39 is 5.95 Å². The number of aromatic nitrogens is 1. The maximum atomic E-state index is 13.4. The fourth-order valence-electron chi connectivity index (χ4n) is 1.34. The van der Waals surface area contributed by atoms with Gasteiger partial charge in [0.15, 0.2) is 0 Å². The molecular weight excluding hydrogens is 246 g/mol. The van der Waals surface area contributed by atoms with Crippen LogP contribution in [0, 0.1) is 11.8 Å². The second-order valence-corrected chi connectivity index (χ2v) is 3.90. The van der Waals surface area contributed by atoms with Gasteiger partial charge in [0.25, 0.3) is 0 Å². The highest BCUT2D eigenvalue weighted by Crippen LogP contribution is 2.16. The van der Waals surface area contributed by atoms with Crippen molar-refractivity contribution in [1.29, 1.82) is 0 Å². The molecule has 0 saturated carbocycles. The van der Waals surface area contributed by atoms with Gasteiger partial charge in [-0.2, -0.15) is 4.39 Å². The Kier molecular flexibility index (Phi) is 3.54. The van der Waals surface area contributed by atoms with Crippen LogP contribution in [0.25, 0.3) is 0 Å². The molecule has 2 aromatic rings. The summed E-state index contributed by atoms with van der Waals surface area (Å²) < 4.78 is 26.0. The number of hydrogen-bond donors (Lipinski definition) is 1. The molecule has 0 aliphatic carbocycles. The number of anilines is 1. The lowest BCUT2D eigenvalue weighted by Gasteiger charge is -2.07. The Morgan fingerprint density at radius 1 is 1.18 bits per heavy atom. The summed E-state index contributed by atoms with van der Waals surface area (Å²) in [5.74, 6) is -0.923. The van der Waals surface area contributed by atoms with Crippen molar-refractivity contribution in [1.82, 2.24) is 4.98 Å². The second kappa shape index (κ2) is 5.10. The maximum absolute atomic E-state index is 13.4. The van der Waals surface area contributed by atoms with Crippen molar-refractivity contribution < 1.29 is 8.78 Å². The summed E-state index contributed by atoms with van der Waals surface area (Å²) in [6, 6.07) is 7.24. The predicted molar refractivity (Wildman–Crippen MR) is 62.9 cm³/mol. The second-order valence-electron chi connectivity index (χ2n) is 3.46. The first kappa shape index (κ1) is 11.8. The molecule has 0 spiro atoms. The number of nitrogens with one attached hydrogen (secondary N) is 1. The van der Waals surface area contributed by atoms with E-state index in [1.165, 1.54) is 24.4 Å². The van der Waals surface area contributed by atoms with Gasteiger partial charge in [-0.1, -0.05) is 17.7 Å². The van der Waals surface area contributed by atoms with Crippen LogP contribution in [0.2, 0.25) is 5.02 Å². The fraction of sp³-hybridized carbons (Fsp3) is 0.0833. The third-order valence-corrected chi connectivity index (χ3v) is 2.46. The van der Waals surface area contributed by atoms with Crippen molar-refractivity contribution in [2.24, 2.45) is 0 Å². The highest BCUT2D eigenvalue weighted by Gasteiger charge is 2.02. The summed E-state index contributed by atoms with van der Waals surface area (Å²) >= 11 is 5.64. The molecule has 0 bridgehead atoms. The summed E-state index contributed by atoms with van der Waals surface area (Å²) in [6.07, 6.45) is 1.35. The first-order valence-electron chi connectivity index (χ1n) is 4.94. The normalized spacial score (nSPS) is 10.3. The molecule has 0 fully saturated rings. The lowest BCUT2D eigenvalue weighted by atomic mass is 10.2. The first-order chi connectivity index (χ1) is 8.15. The lowest BCUT2D eigenvalue weighted by molar-refractivity contribution is 0.584. The summed E-state index contributed by atoms with van der Waals surface area (Å²) in [6.45, 7) is 0.288. The monoisotopic (exact) mass is 254 g/mol. The zero-order chi connectivity index (χ0) is 12.3. The molecule has 88 valence electrons. The zero-order valence-corrected chi connectivity index (χ0v) is 9.51. The maximum Gasteiger partial charge on any atom is 0.212 e. The van der Waals surface area contributed by atoms with E-state index in [2.05, 4.69) is 10.3 Å². The quantitative estimate of drug-likeness (QED) is 0.846. The van der Waals surface area contributed by atoms with Crippen LogP contribution in [0.3, 0.4) is 0 Å². The van der Waals surface area contributed by atoms with E-state index >= 15 is 0 Å². The lowest BCUT2D eigenvalue weighted by Crippen LogP contribution is -2.02. The van der Waals surface area contributed by atoms with E-state index in [9.17, 15) is 8.78 Å². The Morgan fingerprint density at radius 2 is 2.00 bits per heavy atom. The molecule has 0 radical (unpaired) electrons. The summed E-state index contributed by atoms with van der Waals surface area (Å²) in [4.78, 5) is 3.48. The third-order valence-electron chi connectivity index (χ3n) is 2.23. The van der Waals surface area contributed by atoms with E-state index in [0.717, 1.165) is 0 Å². The van der Waals surface area contributed by atoms with Crippen LogP contribution in [0.15, 0.2) is 36.5 Å². The minimum atomic E-state index is -0.548. The Hall–Kier alpha value is -1.68. The van der Waals surface area contributed by atoms with Gasteiger partial charge in [-0.3, -0.25) is 0 Å². The van der Waals surface area contributed by atoms with Gasteiger partial charge in [0.05, 0.1) is 11.9 Å². The van der Waals surface area contributed by atoms with Crippen LogP contribution in [0.5, 0.6) is 0 Å². The zero-order valence-electron chi connectivity index (χ0n) is 8.75. The molecular formula is C12H9ClF2N2. The molecule has 0 unspecified atom stereocenters. The molecule has 0 atom stereocenters. The van der Waals surface area contributed by atoms with E-state index in [-0.39, 0.29) is 12.4 Å². The van der Waals surface area contributed by atoms with Gasteiger partial charge in [0.1, 0.15) is 5.82 Å². The smallest absolute Gasteiger partial charge is 0.212 e. The third kappa shape index (κ3) is 3.14. The van der Waals surface area contributed by atoms with Crippen LogP contribution in [-0.4, -0.2) is 4.98 Å². The van der Waals surface area contributed by atoms with Gasteiger partial charge in [-0.15, -0.1) is 0 Å².